The van der Waals surface area contributed by atoms with Gasteiger partial charge in [0.05, 0.1) is 6.20 Å². The molecule has 5 heteroatoms. The van der Waals surface area contributed by atoms with E-state index >= 15 is 0 Å². The number of nitrogens with one attached hydrogen (secondary N) is 1. The highest BCUT2D eigenvalue weighted by Gasteiger charge is 2.08. The van der Waals surface area contributed by atoms with E-state index in [2.05, 4.69) is 20.3 Å². The van der Waals surface area contributed by atoms with Crippen LogP contribution in [0.2, 0.25) is 0 Å². The molecule has 0 atom stereocenters. The van der Waals surface area contributed by atoms with Gasteiger partial charge in [-0.15, -0.1) is 0 Å². The van der Waals surface area contributed by atoms with E-state index in [1.165, 1.54) is 6.33 Å². The predicted octanol–water partition coefficient (Wildman–Crippen LogP) is 2.11. The summed E-state index contributed by atoms with van der Waals surface area (Å²) in [5.41, 5.74) is 2.60. The van der Waals surface area contributed by atoms with Crippen LogP contribution in [0.5, 0.6) is 0 Å². The minimum absolute atomic E-state index is 0.756. The molecule has 0 saturated carbocycles. The maximum Gasteiger partial charge on any atom is 0.209 e. The Hall–Kier alpha value is -2.43. The number of benzene rings is 1. The molecule has 0 radical (unpaired) electrons. The fraction of sp³-hybridized carbons (Fsp3) is 0.0833. The van der Waals surface area contributed by atoms with Crippen molar-refractivity contribution in [1.29, 1.82) is 0 Å². The standard InChI is InChI=1S/C12H11N5/c1-17-11-10(7-13-8-14-11)16-12(17)15-9-5-3-2-4-6-9/h2-8H,1H3,(H,15,16). The second-order valence-electron chi connectivity index (χ2n) is 3.72. The van der Waals surface area contributed by atoms with Crippen molar-refractivity contribution in [3.63, 3.8) is 0 Å². The first-order chi connectivity index (χ1) is 8.34. The summed E-state index contributed by atoms with van der Waals surface area (Å²) in [5, 5.41) is 3.25. The van der Waals surface area contributed by atoms with Crippen molar-refractivity contribution >= 4 is 22.8 Å². The first-order valence-electron chi connectivity index (χ1n) is 5.29. The van der Waals surface area contributed by atoms with Crippen LogP contribution in [0.1, 0.15) is 0 Å². The van der Waals surface area contributed by atoms with Gasteiger partial charge < -0.3 is 5.32 Å². The van der Waals surface area contributed by atoms with E-state index in [9.17, 15) is 0 Å². The third-order valence-electron chi connectivity index (χ3n) is 2.56. The van der Waals surface area contributed by atoms with Crippen molar-refractivity contribution in [2.75, 3.05) is 5.32 Å². The van der Waals surface area contributed by atoms with E-state index in [0.29, 0.717) is 0 Å². The number of aryl methyl sites for hydroxylation is 1. The number of rotatable bonds is 2. The van der Waals surface area contributed by atoms with Gasteiger partial charge in [0.1, 0.15) is 11.8 Å². The van der Waals surface area contributed by atoms with Crippen molar-refractivity contribution in [3.05, 3.63) is 42.9 Å². The van der Waals surface area contributed by atoms with Gasteiger partial charge in [-0.05, 0) is 12.1 Å². The van der Waals surface area contributed by atoms with E-state index in [1.807, 2.05) is 41.9 Å². The summed E-state index contributed by atoms with van der Waals surface area (Å²) in [4.78, 5) is 12.6. The number of anilines is 2. The number of hydrogen-bond donors (Lipinski definition) is 1. The van der Waals surface area contributed by atoms with Crippen LogP contribution < -0.4 is 5.32 Å². The Morgan fingerprint density at radius 1 is 1.18 bits per heavy atom. The number of fused-ring (bicyclic) bond motifs is 1. The molecule has 17 heavy (non-hydrogen) atoms. The van der Waals surface area contributed by atoms with Crippen LogP contribution in [0.3, 0.4) is 0 Å². The van der Waals surface area contributed by atoms with Crippen LogP contribution in [0.4, 0.5) is 11.6 Å². The molecule has 0 aliphatic heterocycles. The fourth-order valence-corrected chi connectivity index (χ4v) is 1.70. The lowest BCUT2D eigenvalue weighted by Gasteiger charge is -2.04. The molecule has 84 valence electrons. The number of nitrogens with zero attached hydrogens (tertiary/aromatic N) is 4. The molecule has 3 aromatic rings. The van der Waals surface area contributed by atoms with Crippen LogP contribution in [-0.4, -0.2) is 19.5 Å². The molecule has 0 unspecified atom stereocenters. The quantitative estimate of drug-likeness (QED) is 0.725. The average Bonchev–Trinajstić information content (AvgIpc) is 2.68. The van der Waals surface area contributed by atoms with Gasteiger partial charge in [-0.2, -0.15) is 0 Å². The Morgan fingerprint density at radius 3 is 2.76 bits per heavy atom. The molecule has 2 aromatic heterocycles. The van der Waals surface area contributed by atoms with Gasteiger partial charge in [0.25, 0.3) is 0 Å². The highest BCUT2D eigenvalue weighted by atomic mass is 15.2. The first kappa shape index (κ1) is 9.77. The molecule has 0 fully saturated rings. The maximum absolute atomic E-state index is 4.43. The van der Waals surface area contributed by atoms with Crippen LogP contribution in [0, 0.1) is 0 Å². The molecular formula is C12H11N5. The Morgan fingerprint density at radius 2 is 2.00 bits per heavy atom. The predicted molar refractivity (Wildman–Crippen MR) is 66.0 cm³/mol. The van der Waals surface area contributed by atoms with Crippen molar-refractivity contribution in [2.45, 2.75) is 0 Å². The molecule has 1 N–H and O–H groups in total. The molecule has 0 aliphatic rings. The molecule has 0 amide bonds. The Labute approximate surface area is 98.2 Å². The van der Waals surface area contributed by atoms with E-state index in [1.54, 1.807) is 6.20 Å². The zero-order valence-electron chi connectivity index (χ0n) is 9.33. The van der Waals surface area contributed by atoms with Gasteiger partial charge in [-0.1, -0.05) is 18.2 Å². The monoisotopic (exact) mass is 225 g/mol. The second kappa shape index (κ2) is 3.86. The molecule has 0 spiro atoms. The SMILES string of the molecule is Cn1c(Nc2ccccc2)nc2cncnc21. The number of para-hydroxylation sites is 1. The lowest BCUT2D eigenvalue weighted by Crippen LogP contribution is -1.99. The highest BCUT2D eigenvalue weighted by molar-refractivity contribution is 5.74. The normalized spacial score (nSPS) is 10.6. The fourth-order valence-electron chi connectivity index (χ4n) is 1.70. The minimum atomic E-state index is 0.756. The smallest absolute Gasteiger partial charge is 0.209 e. The van der Waals surface area contributed by atoms with E-state index in [0.717, 1.165) is 22.8 Å². The zero-order chi connectivity index (χ0) is 11.7. The zero-order valence-corrected chi connectivity index (χ0v) is 9.33. The van der Waals surface area contributed by atoms with Crippen LogP contribution >= 0.6 is 0 Å². The third-order valence-corrected chi connectivity index (χ3v) is 2.56. The topological polar surface area (TPSA) is 55.6 Å². The van der Waals surface area contributed by atoms with Gasteiger partial charge in [-0.25, -0.2) is 15.0 Å². The maximum atomic E-state index is 4.43. The van der Waals surface area contributed by atoms with Gasteiger partial charge in [-0.3, -0.25) is 4.57 Å². The molecule has 5 nitrogen and oxygen atoms in total. The number of hydrogen-bond acceptors (Lipinski definition) is 4. The van der Waals surface area contributed by atoms with E-state index < -0.39 is 0 Å². The summed E-state index contributed by atoms with van der Waals surface area (Å²) in [6.07, 6.45) is 3.23. The largest absolute Gasteiger partial charge is 0.326 e. The van der Waals surface area contributed by atoms with Crippen molar-refractivity contribution in [3.8, 4) is 0 Å². The van der Waals surface area contributed by atoms with Gasteiger partial charge in [0.15, 0.2) is 5.65 Å². The van der Waals surface area contributed by atoms with Crippen molar-refractivity contribution < 1.29 is 0 Å². The summed E-state index contributed by atoms with van der Waals surface area (Å²) in [7, 11) is 1.92. The molecular weight excluding hydrogens is 214 g/mol. The highest BCUT2D eigenvalue weighted by Crippen LogP contribution is 2.18. The lowest BCUT2D eigenvalue weighted by molar-refractivity contribution is 0.938. The van der Waals surface area contributed by atoms with Crippen molar-refractivity contribution in [1.82, 2.24) is 19.5 Å². The van der Waals surface area contributed by atoms with E-state index in [-0.39, 0.29) is 0 Å². The van der Waals surface area contributed by atoms with Crippen LogP contribution in [0.25, 0.3) is 11.2 Å². The first-order valence-corrected chi connectivity index (χ1v) is 5.29. The van der Waals surface area contributed by atoms with Gasteiger partial charge >= 0.3 is 0 Å². The molecule has 0 saturated heterocycles. The molecule has 0 aliphatic carbocycles. The third kappa shape index (κ3) is 1.71. The Kier molecular flexibility index (Phi) is 2.22. The molecule has 2 heterocycles. The average molecular weight is 225 g/mol. The number of imidazole rings is 1. The summed E-state index contributed by atoms with van der Waals surface area (Å²) in [6.45, 7) is 0. The van der Waals surface area contributed by atoms with Crippen LogP contribution in [-0.2, 0) is 7.05 Å². The Balaban J connectivity index is 2.04. The van der Waals surface area contributed by atoms with Crippen molar-refractivity contribution in [2.24, 2.45) is 7.05 Å². The van der Waals surface area contributed by atoms with Gasteiger partial charge in [0, 0.05) is 12.7 Å². The summed E-state index contributed by atoms with van der Waals surface area (Å²) < 4.78 is 1.91. The molecule has 0 bridgehead atoms. The summed E-state index contributed by atoms with van der Waals surface area (Å²) >= 11 is 0. The summed E-state index contributed by atoms with van der Waals surface area (Å²) in [5.74, 6) is 0.756. The summed E-state index contributed by atoms with van der Waals surface area (Å²) in [6, 6.07) is 9.91. The van der Waals surface area contributed by atoms with Gasteiger partial charge in [0.2, 0.25) is 5.95 Å². The van der Waals surface area contributed by atoms with Crippen LogP contribution in [0.15, 0.2) is 42.9 Å². The minimum Gasteiger partial charge on any atom is -0.326 e. The number of aromatic nitrogens is 4. The Bertz CT molecular complexity index is 644. The van der Waals surface area contributed by atoms with E-state index in [4.69, 9.17) is 0 Å². The lowest BCUT2D eigenvalue weighted by atomic mass is 10.3. The second-order valence-corrected chi connectivity index (χ2v) is 3.72. The molecule has 1 aromatic carbocycles. The molecule has 3 rings (SSSR count).